The summed E-state index contributed by atoms with van der Waals surface area (Å²) in [5.74, 6) is -0.299. The molecule has 1 unspecified atom stereocenters. The van der Waals surface area contributed by atoms with Gasteiger partial charge in [0.1, 0.15) is 11.6 Å². The molecule has 1 atom stereocenters. The minimum Gasteiger partial charge on any atom is -0.463 e. The first-order valence-corrected chi connectivity index (χ1v) is 10.6. The summed E-state index contributed by atoms with van der Waals surface area (Å²) in [5, 5.41) is 3.76. The summed E-state index contributed by atoms with van der Waals surface area (Å²) in [6, 6.07) is 16.6. The lowest BCUT2D eigenvalue weighted by Gasteiger charge is -2.27. The van der Waals surface area contributed by atoms with Crippen molar-refractivity contribution in [3.63, 3.8) is 0 Å². The number of nitrogens with one attached hydrogen (secondary N) is 2. The van der Waals surface area contributed by atoms with E-state index in [1.807, 2.05) is 30.3 Å². The molecule has 8 heteroatoms. The second kappa shape index (κ2) is 9.28. The third-order valence-corrected chi connectivity index (χ3v) is 5.36. The molecule has 2 aromatic carbocycles. The molecule has 2 N–H and O–H groups in total. The van der Waals surface area contributed by atoms with E-state index in [1.54, 1.807) is 38.1 Å². The molecule has 0 bridgehead atoms. The molecule has 1 aromatic heterocycles. The largest absolute Gasteiger partial charge is 0.463 e. The SMILES string of the molecule is CCOC(=O)C1=C(C)Oc2nc(CNc3ccccc3)[nH]c(=O)c2C1c1ccc(Cl)cc1. The number of aromatic amines is 1. The lowest BCUT2D eigenvalue weighted by atomic mass is 9.83. The number of carbonyl (C=O) groups excluding carboxylic acids is 1. The van der Waals surface area contributed by atoms with E-state index in [0.29, 0.717) is 28.7 Å². The van der Waals surface area contributed by atoms with E-state index in [4.69, 9.17) is 21.1 Å². The maximum Gasteiger partial charge on any atom is 0.338 e. The molecular formula is C24H22ClN3O4. The highest BCUT2D eigenvalue weighted by atomic mass is 35.5. The molecule has 0 saturated heterocycles. The summed E-state index contributed by atoms with van der Waals surface area (Å²) in [7, 11) is 0. The van der Waals surface area contributed by atoms with E-state index < -0.39 is 11.9 Å². The summed E-state index contributed by atoms with van der Waals surface area (Å²) in [4.78, 5) is 33.3. The number of benzene rings is 2. The van der Waals surface area contributed by atoms with Gasteiger partial charge < -0.3 is 19.8 Å². The number of esters is 1. The van der Waals surface area contributed by atoms with Crippen molar-refractivity contribution >= 4 is 23.3 Å². The molecule has 4 rings (SSSR count). The van der Waals surface area contributed by atoms with Gasteiger partial charge in [0.05, 0.1) is 30.2 Å². The number of H-pyrrole nitrogens is 1. The Morgan fingerprint density at radius 3 is 2.59 bits per heavy atom. The second-order valence-electron chi connectivity index (χ2n) is 7.23. The topological polar surface area (TPSA) is 93.3 Å². The Morgan fingerprint density at radius 1 is 1.19 bits per heavy atom. The van der Waals surface area contributed by atoms with Crippen LogP contribution in [0.15, 0.2) is 70.7 Å². The lowest BCUT2D eigenvalue weighted by Crippen LogP contribution is -2.30. The van der Waals surface area contributed by atoms with Crippen molar-refractivity contribution in [1.29, 1.82) is 0 Å². The fourth-order valence-corrected chi connectivity index (χ4v) is 3.80. The van der Waals surface area contributed by atoms with Gasteiger partial charge in [-0.25, -0.2) is 4.79 Å². The van der Waals surface area contributed by atoms with Gasteiger partial charge in [-0.05, 0) is 43.7 Å². The van der Waals surface area contributed by atoms with Gasteiger partial charge in [0, 0.05) is 10.7 Å². The van der Waals surface area contributed by atoms with Crippen LogP contribution in [0.2, 0.25) is 5.02 Å². The summed E-state index contributed by atoms with van der Waals surface area (Å²) >= 11 is 6.05. The van der Waals surface area contributed by atoms with Crippen LogP contribution < -0.4 is 15.6 Å². The predicted molar refractivity (Wildman–Crippen MR) is 122 cm³/mol. The van der Waals surface area contributed by atoms with E-state index in [9.17, 15) is 9.59 Å². The molecule has 1 aliphatic rings. The quantitative estimate of drug-likeness (QED) is 0.540. The Labute approximate surface area is 190 Å². The molecule has 0 spiro atoms. The van der Waals surface area contributed by atoms with Crippen molar-refractivity contribution in [2.75, 3.05) is 11.9 Å². The van der Waals surface area contributed by atoms with Gasteiger partial charge >= 0.3 is 5.97 Å². The van der Waals surface area contributed by atoms with Crippen LogP contribution in [0.3, 0.4) is 0 Å². The first kappa shape index (κ1) is 21.6. The Kier molecular flexibility index (Phi) is 6.28. The van der Waals surface area contributed by atoms with Crippen LogP contribution in [-0.4, -0.2) is 22.5 Å². The third-order valence-electron chi connectivity index (χ3n) is 5.11. The summed E-state index contributed by atoms with van der Waals surface area (Å²) in [6.07, 6.45) is 0. The molecular weight excluding hydrogens is 430 g/mol. The van der Waals surface area contributed by atoms with Gasteiger partial charge in [0.15, 0.2) is 0 Å². The molecule has 0 fully saturated rings. The van der Waals surface area contributed by atoms with Crippen LogP contribution in [0, 0.1) is 0 Å². The van der Waals surface area contributed by atoms with Crippen molar-refractivity contribution in [3.8, 4) is 5.88 Å². The lowest BCUT2D eigenvalue weighted by molar-refractivity contribution is -0.139. The highest BCUT2D eigenvalue weighted by Gasteiger charge is 2.37. The van der Waals surface area contributed by atoms with Gasteiger partial charge in [0.2, 0.25) is 5.88 Å². The van der Waals surface area contributed by atoms with Crippen molar-refractivity contribution < 1.29 is 14.3 Å². The zero-order valence-corrected chi connectivity index (χ0v) is 18.4. The van der Waals surface area contributed by atoms with E-state index in [2.05, 4.69) is 15.3 Å². The van der Waals surface area contributed by atoms with Crippen LogP contribution in [0.5, 0.6) is 5.88 Å². The smallest absolute Gasteiger partial charge is 0.338 e. The number of hydrogen-bond donors (Lipinski definition) is 2. The predicted octanol–water partition coefficient (Wildman–Crippen LogP) is 4.40. The summed E-state index contributed by atoms with van der Waals surface area (Å²) < 4.78 is 11.1. The fourth-order valence-electron chi connectivity index (χ4n) is 3.67. The van der Waals surface area contributed by atoms with E-state index >= 15 is 0 Å². The molecule has 164 valence electrons. The van der Waals surface area contributed by atoms with Crippen molar-refractivity contribution in [1.82, 2.24) is 9.97 Å². The molecule has 0 aliphatic carbocycles. The van der Waals surface area contributed by atoms with Gasteiger partial charge in [-0.15, -0.1) is 0 Å². The number of anilines is 1. The Bertz CT molecular complexity index is 1220. The number of aromatic nitrogens is 2. The molecule has 32 heavy (non-hydrogen) atoms. The van der Waals surface area contributed by atoms with Gasteiger partial charge in [-0.3, -0.25) is 4.79 Å². The normalized spacial score (nSPS) is 15.0. The Balaban J connectivity index is 1.76. The zero-order chi connectivity index (χ0) is 22.7. The maximum atomic E-state index is 13.2. The second-order valence-corrected chi connectivity index (χ2v) is 7.66. The molecule has 3 aromatic rings. The highest BCUT2D eigenvalue weighted by Crippen LogP contribution is 2.41. The zero-order valence-electron chi connectivity index (χ0n) is 17.6. The number of halogens is 1. The van der Waals surface area contributed by atoms with Crippen LogP contribution in [-0.2, 0) is 16.1 Å². The monoisotopic (exact) mass is 451 g/mol. The first-order chi connectivity index (χ1) is 15.5. The van der Waals surface area contributed by atoms with Crippen LogP contribution in [0.25, 0.3) is 0 Å². The number of para-hydroxylation sites is 1. The Hall–Kier alpha value is -3.58. The van der Waals surface area contributed by atoms with E-state index in [1.165, 1.54) is 0 Å². The highest BCUT2D eigenvalue weighted by molar-refractivity contribution is 6.30. The molecule has 0 radical (unpaired) electrons. The molecule has 1 aliphatic heterocycles. The van der Waals surface area contributed by atoms with Crippen LogP contribution >= 0.6 is 11.6 Å². The molecule has 0 amide bonds. The average molecular weight is 452 g/mol. The van der Waals surface area contributed by atoms with Crippen LogP contribution in [0.1, 0.15) is 36.7 Å². The number of ether oxygens (including phenoxy) is 2. The standard InChI is InChI=1S/C24H22ClN3O4/c1-3-31-24(30)19-14(2)32-23-21(20(19)15-9-11-16(25)12-10-15)22(29)27-18(28-23)13-26-17-7-5-4-6-8-17/h4-12,20,26H,3,13H2,1-2H3,(H,27,28,29). The molecule has 7 nitrogen and oxygen atoms in total. The summed E-state index contributed by atoms with van der Waals surface area (Å²) in [6.45, 7) is 3.90. The number of nitrogens with zero attached hydrogens (tertiary/aromatic N) is 1. The van der Waals surface area contributed by atoms with E-state index in [0.717, 1.165) is 5.69 Å². The average Bonchev–Trinajstić information content (AvgIpc) is 2.78. The number of carbonyl (C=O) groups is 1. The van der Waals surface area contributed by atoms with Gasteiger partial charge in [0.25, 0.3) is 5.56 Å². The first-order valence-electron chi connectivity index (χ1n) is 10.2. The number of allylic oxidation sites excluding steroid dienone is 1. The summed E-state index contributed by atoms with van der Waals surface area (Å²) in [5.41, 5.74) is 1.75. The minimum absolute atomic E-state index is 0.170. The number of rotatable bonds is 6. The number of fused-ring (bicyclic) bond motifs is 1. The van der Waals surface area contributed by atoms with Crippen molar-refractivity contribution in [3.05, 3.63) is 98.3 Å². The maximum absolute atomic E-state index is 13.2. The van der Waals surface area contributed by atoms with Gasteiger partial charge in [-0.1, -0.05) is 41.9 Å². The van der Waals surface area contributed by atoms with E-state index in [-0.39, 0.29) is 29.2 Å². The van der Waals surface area contributed by atoms with Crippen molar-refractivity contribution in [2.24, 2.45) is 0 Å². The van der Waals surface area contributed by atoms with Crippen molar-refractivity contribution in [2.45, 2.75) is 26.3 Å². The molecule has 2 heterocycles. The molecule has 0 saturated carbocycles. The van der Waals surface area contributed by atoms with Crippen LogP contribution in [0.4, 0.5) is 5.69 Å². The fraction of sp³-hybridized carbons (Fsp3) is 0.208. The number of hydrogen-bond acceptors (Lipinski definition) is 6. The Morgan fingerprint density at radius 2 is 1.91 bits per heavy atom. The third kappa shape index (κ3) is 4.38. The minimum atomic E-state index is -0.692. The van der Waals surface area contributed by atoms with Gasteiger partial charge in [-0.2, -0.15) is 4.98 Å².